The second-order valence-electron chi connectivity index (χ2n) is 3.18. The number of benzene rings is 1. The lowest BCUT2D eigenvalue weighted by molar-refractivity contribution is -0.385. The fourth-order valence-electron chi connectivity index (χ4n) is 1.20. The summed E-state index contributed by atoms with van der Waals surface area (Å²) in [5, 5.41) is 19.5. The van der Waals surface area contributed by atoms with E-state index in [1.165, 1.54) is 18.2 Å². The number of nitro groups is 1. The van der Waals surface area contributed by atoms with Crippen molar-refractivity contribution < 1.29 is 14.8 Å². The summed E-state index contributed by atoms with van der Waals surface area (Å²) in [5.41, 5.74) is 5.34. The van der Waals surface area contributed by atoms with E-state index in [9.17, 15) is 14.9 Å². The summed E-state index contributed by atoms with van der Waals surface area (Å²) in [4.78, 5) is 20.6. The number of carboxylic acid groups (broad SMARTS) is 1. The molecule has 1 aromatic carbocycles. The van der Waals surface area contributed by atoms with E-state index in [1.54, 1.807) is 0 Å². The average Bonchev–Trinajstić information content (AvgIpc) is 2.20. The molecule has 0 radical (unpaired) electrons. The third-order valence-electron chi connectivity index (χ3n) is 2.00. The Labute approximate surface area is 95.8 Å². The first-order chi connectivity index (χ1) is 7.41. The number of halogens is 1. The Balaban J connectivity index is 3.04. The Morgan fingerprint density at radius 1 is 1.62 bits per heavy atom. The van der Waals surface area contributed by atoms with Crippen molar-refractivity contribution in [3.63, 3.8) is 0 Å². The van der Waals surface area contributed by atoms with Crippen molar-refractivity contribution in [2.24, 2.45) is 5.73 Å². The Hall–Kier alpha value is -1.66. The highest BCUT2D eigenvalue weighted by molar-refractivity contribution is 6.30. The predicted molar refractivity (Wildman–Crippen MR) is 57.4 cm³/mol. The van der Waals surface area contributed by atoms with E-state index in [0.717, 1.165) is 0 Å². The summed E-state index contributed by atoms with van der Waals surface area (Å²) in [6.07, 6.45) is -0.108. The summed E-state index contributed by atoms with van der Waals surface area (Å²) < 4.78 is 0. The first-order valence-electron chi connectivity index (χ1n) is 4.33. The first-order valence-corrected chi connectivity index (χ1v) is 4.71. The quantitative estimate of drug-likeness (QED) is 0.611. The smallest absolute Gasteiger partial charge is 0.320 e. The van der Waals surface area contributed by atoms with E-state index >= 15 is 0 Å². The van der Waals surface area contributed by atoms with Gasteiger partial charge in [0.2, 0.25) is 0 Å². The van der Waals surface area contributed by atoms with Crippen LogP contribution in [-0.4, -0.2) is 22.0 Å². The van der Waals surface area contributed by atoms with Gasteiger partial charge in [0.05, 0.1) is 4.92 Å². The van der Waals surface area contributed by atoms with Crippen LogP contribution in [-0.2, 0) is 11.2 Å². The van der Waals surface area contributed by atoms with Crippen LogP contribution in [0.15, 0.2) is 18.2 Å². The third-order valence-corrected chi connectivity index (χ3v) is 2.24. The number of carbonyl (C=O) groups is 1. The second kappa shape index (κ2) is 4.91. The van der Waals surface area contributed by atoms with E-state index in [4.69, 9.17) is 22.4 Å². The minimum absolute atomic E-state index is 0.108. The van der Waals surface area contributed by atoms with Gasteiger partial charge >= 0.3 is 5.97 Å². The molecule has 0 aromatic heterocycles. The number of carboxylic acids is 1. The molecule has 1 aromatic rings. The Bertz CT molecular complexity index is 436. The molecule has 0 fully saturated rings. The lowest BCUT2D eigenvalue weighted by Gasteiger charge is -2.07. The highest BCUT2D eigenvalue weighted by Crippen LogP contribution is 2.24. The zero-order chi connectivity index (χ0) is 12.3. The van der Waals surface area contributed by atoms with Gasteiger partial charge in [0.1, 0.15) is 6.04 Å². The van der Waals surface area contributed by atoms with Crippen LogP contribution in [0.3, 0.4) is 0 Å². The van der Waals surface area contributed by atoms with E-state index < -0.39 is 16.9 Å². The number of aliphatic carboxylic acids is 1. The Morgan fingerprint density at radius 2 is 2.25 bits per heavy atom. The second-order valence-corrected chi connectivity index (χ2v) is 3.62. The van der Waals surface area contributed by atoms with Crippen LogP contribution < -0.4 is 5.73 Å². The normalized spacial score (nSPS) is 12.1. The molecule has 0 amide bonds. The van der Waals surface area contributed by atoms with Gasteiger partial charge in [0.25, 0.3) is 5.69 Å². The van der Waals surface area contributed by atoms with Gasteiger partial charge in [-0.25, -0.2) is 0 Å². The van der Waals surface area contributed by atoms with Gasteiger partial charge in [0.15, 0.2) is 0 Å². The minimum atomic E-state index is -1.20. The molecule has 1 rings (SSSR count). The lowest BCUT2D eigenvalue weighted by atomic mass is 10.0. The molecule has 7 heteroatoms. The first kappa shape index (κ1) is 12.4. The molecule has 0 saturated carbocycles. The molecule has 0 aliphatic heterocycles. The highest BCUT2D eigenvalue weighted by atomic mass is 35.5. The average molecular weight is 245 g/mol. The van der Waals surface area contributed by atoms with Crippen molar-refractivity contribution in [3.05, 3.63) is 38.9 Å². The van der Waals surface area contributed by atoms with Crippen LogP contribution in [0.25, 0.3) is 0 Å². The molecular formula is C9H9ClN2O4. The van der Waals surface area contributed by atoms with Crippen LogP contribution >= 0.6 is 11.6 Å². The molecule has 6 nitrogen and oxygen atoms in total. The summed E-state index contributed by atoms with van der Waals surface area (Å²) in [5.74, 6) is -1.20. The molecule has 0 unspecified atom stereocenters. The van der Waals surface area contributed by atoms with Gasteiger partial charge < -0.3 is 10.8 Å². The van der Waals surface area contributed by atoms with Gasteiger partial charge in [-0.05, 0) is 6.07 Å². The van der Waals surface area contributed by atoms with Crippen molar-refractivity contribution in [2.45, 2.75) is 12.5 Å². The largest absolute Gasteiger partial charge is 0.480 e. The molecule has 0 heterocycles. The number of rotatable bonds is 4. The summed E-state index contributed by atoms with van der Waals surface area (Å²) in [7, 11) is 0. The predicted octanol–water partition coefficient (Wildman–Crippen LogP) is 1.20. The zero-order valence-electron chi connectivity index (χ0n) is 8.09. The number of nitrogens with zero attached hydrogens (tertiary/aromatic N) is 1. The molecule has 16 heavy (non-hydrogen) atoms. The summed E-state index contributed by atoms with van der Waals surface area (Å²) >= 11 is 5.61. The minimum Gasteiger partial charge on any atom is -0.480 e. The van der Waals surface area contributed by atoms with E-state index in [-0.39, 0.29) is 22.7 Å². The zero-order valence-corrected chi connectivity index (χ0v) is 8.85. The standard InChI is InChI=1S/C9H9ClN2O4/c10-6-2-1-5(3-7(11)9(13)14)8(4-6)12(15)16/h1-2,4,7H,3,11H2,(H,13,14)/t7-/m0/s1. The fraction of sp³-hybridized carbons (Fsp3) is 0.222. The van der Waals surface area contributed by atoms with Crippen LogP contribution in [0.4, 0.5) is 5.69 Å². The molecule has 0 bridgehead atoms. The summed E-state index contributed by atoms with van der Waals surface area (Å²) in [6.45, 7) is 0. The van der Waals surface area contributed by atoms with E-state index in [2.05, 4.69) is 0 Å². The van der Waals surface area contributed by atoms with Gasteiger partial charge in [0, 0.05) is 23.1 Å². The van der Waals surface area contributed by atoms with Crippen molar-refractivity contribution >= 4 is 23.3 Å². The van der Waals surface area contributed by atoms with Crippen molar-refractivity contribution in [3.8, 4) is 0 Å². The molecular weight excluding hydrogens is 236 g/mol. The van der Waals surface area contributed by atoms with Crippen LogP contribution in [0.2, 0.25) is 5.02 Å². The fourth-order valence-corrected chi connectivity index (χ4v) is 1.37. The van der Waals surface area contributed by atoms with Gasteiger partial charge in [-0.1, -0.05) is 17.7 Å². The molecule has 0 aliphatic carbocycles. The number of hydrogen-bond acceptors (Lipinski definition) is 4. The number of nitrogens with two attached hydrogens (primary N) is 1. The van der Waals surface area contributed by atoms with E-state index in [1.807, 2.05) is 0 Å². The summed E-state index contributed by atoms with van der Waals surface area (Å²) in [6, 6.07) is 2.87. The maximum Gasteiger partial charge on any atom is 0.320 e. The lowest BCUT2D eigenvalue weighted by Crippen LogP contribution is -2.32. The molecule has 1 atom stereocenters. The molecule has 86 valence electrons. The molecule has 0 aliphatic rings. The SMILES string of the molecule is N[C@@H](Cc1ccc(Cl)cc1[N+](=O)[O-])C(=O)O. The third kappa shape index (κ3) is 2.91. The maximum atomic E-state index is 10.7. The maximum absolute atomic E-state index is 10.7. The molecule has 0 saturated heterocycles. The Morgan fingerprint density at radius 3 is 2.75 bits per heavy atom. The van der Waals surface area contributed by atoms with Crippen LogP contribution in [0.5, 0.6) is 0 Å². The van der Waals surface area contributed by atoms with Crippen molar-refractivity contribution in [2.75, 3.05) is 0 Å². The number of nitro benzene ring substituents is 1. The van der Waals surface area contributed by atoms with Gasteiger partial charge in [-0.3, -0.25) is 14.9 Å². The molecule has 3 N–H and O–H groups in total. The van der Waals surface area contributed by atoms with Crippen molar-refractivity contribution in [1.82, 2.24) is 0 Å². The molecule has 0 spiro atoms. The van der Waals surface area contributed by atoms with Crippen molar-refractivity contribution in [1.29, 1.82) is 0 Å². The van der Waals surface area contributed by atoms with Crippen LogP contribution in [0, 0.1) is 10.1 Å². The van der Waals surface area contributed by atoms with Crippen LogP contribution in [0.1, 0.15) is 5.56 Å². The number of hydrogen-bond donors (Lipinski definition) is 2. The Kier molecular flexibility index (Phi) is 3.81. The van der Waals surface area contributed by atoms with E-state index in [0.29, 0.717) is 0 Å². The van der Waals surface area contributed by atoms with Gasteiger partial charge in [-0.15, -0.1) is 0 Å². The topological polar surface area (TPSA) is 106 Å². The van der Waals surface area contributed by atoms with Gasteiger partial charge in [-0.2, -0.15) is 0 Å². The highest BCUT2D eigenvalue weighted by Gasteiger charge is 2.19. The monoisotopic (exact) mass is 244 g/mol.